The van der Waals surface area contributed by atoms with Crippen LogP contribution in [0.15, 0.2) is 54.6 Å². The normalized spacial score (nSPS) is 9.95. The number of nitrogens with one attached hydrogen (secondary N) is 1. The summed E-state index contributed by atoms with van der Waals surface area (Å²) in [6.07, 6.45) is 0. The Kier molecular flexibility index (Phi) is 4.53. The molecule has 0 fully saturated rings. The van der Waals surface area contributed by atoms with Gasteiger partial charge < -0.3 is 15.2 Å². The number of amides is 1. The fraction of sp³-hybridized carbons (Fsp3) is 0.133. The highest BCUT2D eigenvalue weighted by atomic mass is 16.5. The number of ether oxygens (including phenoxy) is 1. The Morgan fingerprint density at radius 2 is 1.74 bits per heavy atom. The summed E-state index contributed by atoms with van der Waals surface area (Å²) in [4.78, 5) is 11.7. The van der Waals surface area contributed by atoms with Crippen LogP contribution >= 0.6 is 0 Å². The fourth-order valence-corrected chi connectivity index (χ4v) is 1.64. The first-order valence-corrected chi connectivity index (χ1v) is 5.96. The molecule has 0 unspecified atom stereocenters. The molecular weight excluding hydrogens is 242 g/mol. The maximum Gasteiger partial charge on any atom is 0.262 e. The Morgan fingerprint density at radius 1 is 1.05 bits per heavy atom. The summed E-state index contributed by atoms with van der Waals surface area (Å²) in [5.41, 5.74) is 1.39. The van der Waals surface area contributed by atoms with Gasteiger partial charge in [-0.2, -0.15) is 0 Å². The zero-order chi connectivity index (χ0) is 13.5. The molecule has 0 atom stereocenters. The van der Waals surface area contributed by atoms with Crippen molar-refractivity contribution in [3.63, 3.8) is 0 Å². The largest absolute Gasteiger partial charge is 0.483 e. The van der Waals surface area contributed by atoms with E-state index in [2.05, 4.69) is 5.32 Å². The van der Waals surface area contributed by atoms with Crippen molar-refractivity contribution in [3.8, 4) is 5.75 Å². The Morgan fingerprint density at radius 3 is 2.47 bits per heavy atom. The first-order chi connectivity index (χ1) is 9.29. The first-order valence-electron chi connectivity index (χ1n) is 5.96. The molecule has 0 aliphatic rings. The van der Waals surface area contributed by atoms with E-state index in [0.717, 1.165) is 5.69 Å². The molecule has 2 rings (SSSR count). The summed E-state index contributed by atoms with van der Waals surface area (Å²) in [5, 5.41) is 11.9. The lowest BCUT2D eigenvalue weighted by molar-refractivity contribution is -0.118. The van der Waals surface area contributed by atoms with Crippen LogP contribution in [0.1, 0.15) is 5.56 Å². The lowest BCUT2D eigenvalue weighted by Crippen LogP contribution is -2.20. The van der Waals surface area contributed by atoms with Gasteiger partial charge in [-0.05, 0) is 18.2 Å². The van der Waals surface area contributed by atoms with Gasteiger partial charge in [0.2, 0.25) is 0 Å². The van der Waals surface area contributed by atoms with E-state index in [9.17, 15) is 4.79 Å². The van der Waals surface area contributed by atoms with Crippen molar-refractivity contribution in [1.82, 2.24) is 0 Å². The molecule has 0 radical (unpaired) electrons. The van der Waals surface area contributed by atoms with Crippen LogP contribution in [0.3, 0.4) is 0 Å². The third-order valence-electron chi connectivity index (χ3n) is 2.56. The molecule has 0 saturated carbocycles. The molecule has 0 heterocycles. The van der Waals surface area contributed by atoms with E-state index in [-0.39, 0.29) is 19.1 Å². The summed E-state index contributed by atoms with van der Waals surface area (Å²) in [6, 6.07) is 16.3. The first kappa shape index (κ1) is 13.1. The maximum atomic E-state index is 11.7. The van der Waals surface area contributed by atoms with Gasteiger partial charge in [-0.3, -0.25) is 4.79 Å². The lowest BCUT2D eigenvalue weighted by atomic mass is 10.2. The van der Waals surface area contributed by atoms with Gasteiger partial charge in [-0.15, -0.1) is 0 Å². The van der Waals surface area contributed by atoms with Crippen molar-refractivity contribution in [2.75, 3.05) is 11.9 Å². The molecule has 0 aromatic heterocycles. The average Bonchev–Trinajstić information content (AvgIpc) is 2.46. The minimum absolute atomic E-state index is 0.0914. The van der Waals surface area contributed by atoms with E-state index in [1.807, 2.05) is 24.3 Å². The minimum Gasteiger partial charge on any atom is -0.483 e. The molecule has 2 aromatic rings. The number of aliphatic hydroxyl groups is 1. The van der Waals surface area contributed by atoms with E-state index in [4.69, 9.17) is 9.84 Å². The second-order valence-corrected chi connectivity index (χ2v) is 3.97. The quantitative estimate of drug-likeness (QED) is 0.863. The van der Waals surface area contributed by atoms with E-state index >= 15 is 0 Å². The number of hydrogen-bond donors (Lipinski definition) is 2. The number of carbonyl (C=O) groups excluding carboxylic acids is 1. The standard InChI is InChI=1S/C15H15NO3/c17-10-12-6-4-5-9-14(12)19-11-15(18)16-13-7-2-1-3-8-13/h1-9,17H,10-11H2,(H,16,18). The molecule has 0 spiro atoms. The number of benzene rings is 2. The number of rotatable bonds is 5. The lowest BCUT2D eigenvalue weighted by Gasteiger charge is -2.10. The van der Waals surface area contributed by atoms with Crippen LogP contribution in [0.5, 0.6) is 5.75 Å². The smallest absolute Gasteiger partial charge is 0.262 e. The number of hydrogen-bond acceptors (Lipinski definition) is 3. The van der Waals surface area contributed by atoms with E-state index in [0.29, 0.717) is 11.3 Å². The Bertz CT molecular complexity index is 540. The summed E-state index contributed by atoms with van der Waals surface area (Å²) in [5.74, 6) is 0.284. The highest BCUT2D eigenvalue weighted by Gasteiger charge is 2.06. The van der Waals surface area contributed by atoms with Crippen LogP contribution in [0, 0.1) is 0 Å². The van der Waals surface area contributed by atoms with Gasteiger partial charge in [0.05, 0.1) is 6.61 Å². The molecule has 1 amide bonds. The number of carbonyl (C=O) groups is 1. The highest BCUT2D eigenvalue weighted by molar-refractivity contribution is 5.91. The van der Waals surface area contributed by atoms with Gasteiger partial charge in [-0.1, -0.05) is 36.4 Å². The second-order valence-electron chi connectivity index (χ2n) is 3.97. The molecule has 0 aliphatic heterocycles. The van der Waals surface area contributed by atoms with E-state index < -0.39 is 0 Å². The monoisotopic (exact) mass is 257 g/mol. The Labute approximate surface area is 111 Å². The third kappa shape index (κ3) is 3.82. The van der Waals surface area contributed by atoms with Gasteiger partial charge in [0, 0.05) is 11.3 Å². The zero-order valence-corrected chi connectivity index (χ0v) is 10.4. The molecule has 4 heteroatoms. The third-order valence-corrected chi connectivity index (χ3v) is 2.56. The molecule has 2 aromatic carbocycles. The number of para-hydroxylation sites is 2. The molecular formula is C15H15NO3. The van der Waals surface area contributed by atoms with E-state index in [1.165, 1.54) is 0 Å². The van der Waals surface area contributed by atoms with Crippen LogP contribution in [-0.4, -0.2) is 17.6 Å². The highest BCUT2D eigenvalue weighted by Crippen LogP contribution is 2.17. The van der Waals surface area contributed by atoms with E-state index in [1.54, 1.807) is 30.3 Å². The van der Waals surface area contributed by atoms with Crippen molar-refractivity contribution in [2.24, 2.45) is 0 Å². The molecule has 4 nitrogen and oxygen atoms in total. The van der Waals surface area contributed by atoms with Crippen molar-refractivity contribution in [3.05, 3.63) is 60.2 Å². The van der Waals surface area contributed by atoms with Crippen molar-refractivity contribution in [2.45, 2.75) is 6.61 Å². The molecule has 98 valence electrons. The van der Waals surface area contributed by atoms with Gasteiger partial charge >= 0.3 is 0 Å². The Hall–Kier alpha value is -2.33. The maximum absolute atomic E-state index is 11.7. The topological polar surface area (TPSA) is 58.6 Å². The van der Waals surface area contributed by atoms with Gasteiger partial charge in [-0.25, -0.2) is 0 Å². The fourth-order valence-electron chi connectivity index (χ4n) is 1.64. The molecule has 0 bridgehead atoms. The molecule has 0 saturated heterocycles. The summed E-state index contributed by atoms with van der Waals surface area (Å²) in [7, 11) is 0. The van der Waals surface area contributed by atoms with Crippen molar-refractivity contribution >= 4 is 11.6 Å². The van der Waals surface area contributed by atoms with Crippen LogP contribution in [0.4, 0.5) is 5.69 Å². The van der Waals surface area contributed by atoms with Crippen molar-refractivity contribution in [1.29, 1.82) is 0 Å². The average molecular weight is 257 g/mol. The van der Waals surface area contributed by atoms with Crippen LogP contribution in [0.2, 0.25) is 0 Å². The SMILES string of the molecule is O=C(COc1ccccc1CO)Nc1ccccc1. The van der Waals surface area contributed by atoms with Crippen LogP contribution in [0.25, 0.3) is 0 Å². The predicted octanol–water partition coefficient (Wildman–Crippen LogP) is 2.20. The summed E-state index contributed by atoms with van der Waals surface area (Å²) < 4.78 is 5.39. The van der Waals surface area contributed by atoms with Gasteiger partial charge in [0.1, 0.15) is 5.75 Å². The summed E-state index contributed by atoms with van der Waals surface area (Å²) >= 11 is 0. The number of aliphatic hydroxyl groups excluding tert-OH is 1. The molecule has 2 N–H and O–H groups in total. The Balaban J connectivity index is 1.90. The predicted molar refractivity (Wildman–Crippen MR) is 72.9 cm³/mol. The molecule has 0 aliphatic carbocycles. The van der Waals surface area contributed by atoms with Crippen LogP contribution in [-0.2, 0) is 11.4 Å². The minimum atomic E-state index is -0.237. The number of anilines is 1. The van der Waals surface area contributed by atoms with Gasteiger partial charge in [0.15, 0.2) is 6.61 Å². The van der Waals surface area contributed by atoms with Crippen LogP contribution < -0.4 is 10.1 Å². The molecule has 19 heavy (non-hydrogen) atoms. The summed E-state index contributed by atoms with van der Waals surface area (Å²) in [6.45, 7) is -0.206. The van der Waals surface area contributed by atoms with Crippen molar-refractivity contribution < 1.29 is 14.6 Å². The second kappa shape index (κ2) is 6.56. The zero-order valence-electron chi connectivity index (χ0n) is 10.4. The van der Waals surface area contributed by atoms with Gasteiger partial charge in [0.25, 0.3) is 5.91 Å².